The van der Waals surface area contributed by atoms with Crippen LogP contribution in [0, 0.1) is 0 Å². The summed E-state index contributed by atoms with van der Waals surface area (Å²) < 4.78 is 5.26. The Bertz CT molecular complexity index is 819. The number of anilines is 1. The Labute approximate surface area is 172 Å². The molecule has 0 aliphatic carbocycles. The molecular formula is C22H30N4O3. The van der Waals surface area contributed by atoms with Crippen LogP contribution in [0.4, 0.5) is 5.69 Å². The lowest BCUT2D eigenvalue weighted by atomic mass is 10.1. The summed E-state index contributed by atoms with van der Waals surface area (Å²) in [5, 5.41) is 5.37. The first-order chi connectivity index (χ1) is 13.8. The fourth-order valence-corrected chi connectivity index (χ4v) is 2.97. The zero-order chi connectivity index (χ0) is 21.4. The molecule has 2 rings (SSSR count). The summed E-state index contributed by atoms with van der Waals surface area (Å²) in [4.78, 5) is 28.5. The first kappa shape index (κ1) is 22.2. The number of ether oxygens (including phenoxy) is 1. The van der Waals surface area contributed by atoms with Gasteiger partial charge in [-0.15, -0.1) is 0 Å². The van der Waals surface area contributed by atoms with Crippen molar-refractivity contribution in [2.45, 2.75) is 12.6 Å². The maximum atomic E-state index is 12.2. The lowest BCUT2D eigenvalue weighted by Gasteiger charge is -2.25. The molecule has 2 amide bonds. The Morgan fingerprint density at radius 2 is 1.55 bits per heavy atom. The molecule has 7 heteroatoms. The van der Waals surface area contributed by atoms with Crippen molar-refractivity contribution in [1.82, 2.24) is 15.5 Å². The molecule has 0 radical (unpaired) electrons. The average Bonchev–Trinajstić information content (AvgIpc) is 2.72. The van der Waals surface area contributed by atoms with Crippen molar-refractivity contribution in [3.05, 3.63) is 59.7 Å². The minimum absolute atomic E-state index is 0.0443. The molecule has 0 saturated heterocycles. The van der Waals surface area contributed by atoms with Gasteiger partial charge in [-0.3, -0.25) is 9.59 Å². The molecule has 0 fully saturated rings. The van der Waals surface area contributed by atoms with Crippen molar-refractivity contribution in [2.75, 3.05) is 46.7 Å². The van der Waals surface area contributed by atoms with Crippen molar-refractivity contribution >= 4 is 17.5 Å². The fraction of sp³-hybridized carbons (Fsp3) is 0.364. The van der Waals surface area contributed by atoms with E-state index >= 15 is 0 Å². The Morgan fingerprint density at radius 1 is 0.931 bits per heavy atom. The molecule has 1 atom stereocenters. The highest BCUT2D eigenvalue weighted by atomic mass is 16.5. The summed E-state index contributed by atoms with van der Waals surface area (Å²) >= 11 is 0. The van der Waals surface area contributed by atoms with E-state index in [2.05, 4.69) is 10.6 Å². The van der Waals surface area contributed by atoms with Gasteiger partial charge in [-0.25, -0.2) is 0 Å². The summed E-state index contributed by atoms with van der Waals surface area (Å²) in [7, 11) is 9.43. The molecule has 0 aliphatic rings. The van der Waals surface area contributed by atoms with E-state index in [9.17, 15) is 9.59 Å². The normalized spacial score (nSPS) is 11.7. The number of carbonyl (C=O) groups excluding carboxylic acids is 2. The SMILES string of the molecule is COc1ccccc1CNC(=O)C(=O)NCC(c1ccc(N(C)C)cc1)N(C)C. The van der Waals surface area contributed by atoms with Crippen molar-refractivity contribution in [1.29, 1.82) is 0 Å². The molecule has 0 heterocycles. The monoisotopic (exact) mass is 398 g/mol. The second-order valence-corrected chi connectivity index (χ2v) is 7.17. The molecular weight excluding hydrogens is 368 g/mol. The van der Waals surface area contributed by atoms with Gasteiger partial charge in [0, 0.05) is 38.4 Å². The van der Waals surface area contributed by atoms with E-state index in [1.807, 2.05) is 86.5 Å². The predicted octanol–water partition coefficient (Wildman–Crippen LogP) is 1.80. The molecule has 156 valence electrons. The second kappa shape index (κ2) is 10.5. The minimum Gasteiger partial charge on any atom is -0.496 e. The van der Waals surface area contributed by atoms with Gasteiger partial charge < -0.3 is 25.2 Å². The first-order valence-corrected chi connectivity index (χ1v) is 9.45. The highest BCUT2D eigenvalue weighted by Crippen LogP contribution is 2.21. The number of nitrogens with one attached hydrogen (secondary N) is 2. The highest BCUT2D eigenvalue weighted by molar-refractivity contribution is 6.35. The zero-order valence-electron chi connectivity index (χ0n) is 17.7. The topological polar surface area (TPSA) is 73.9 Å². The van der Waals surface area contributed by atoms with Crippen LogP contribution < -0.4 is 20.3 Å². The summed E-state index contributed by atoms with van der Waals surface area (Å²) in [5.74, 6) is -0.657. The quantitative estimate of drug-likeness (QED) is 0.664. The van der Waals surface area contributed by atoms with E-state index in [0.29, 0.717) is 12.3 Å². The van der Waals surface area contributed by atoms with Crippen LogP contribution in [0.25, 0.3) is 0 Å². The van der Waals surface area contributed by atoms with Gasteiger partial charge in [-0.2, -0.15) is 0 Å². The van der Waals surface area contributed by atoms with Gasteiger partial charge >= 0.3 is 11.8 Å². The van der Waals surface area contributed by atoms with Crippen LogP contribution in [0.2, 0.25) is 0 Å². The zero-order valence-corrected chi connectivity index (χ0v) is 17.7. The molecule has 0 saturated carbocycles. The number of methoxy groups -OCH3 is 1. The molecule has 1 unspecified atom stereocenters. The van der Waals surface area contributed by atoms with E-state index in [4.69, 9.17) is 4.74 Å². The number of hydrogen-bond acceptors (Lipinski definition) is 5. The van der Waals surface area contributed by atoms with Crippen molar-refractivity contribution in [2.24, 2.45) is 0 Å². The van der Waals surface area contributed by atoms with Crippen LogP contribution >= 0.6 is 0 Å². The molecule has 2 aromatic carbocycles. The third kappa shape index (κ3) is 6.22. The van der Waals surface area contributed by atoms with Gasteiger partial charge in [0.25, 0.3) is 0 Å². The Kier molecular flexibility index (Phi) is 8.03. The lowest BCUT2D eigenvalue weighted by Crippen LogP contribution is -2.42. The van der Waals surface area contributed by atoms with Gasteiger partial charge in [0.05, 0.1) is 13.2 Å². The number of likely N-dealkylation sites (N-methyl/N-ethyl adjacent to an activating group) is 1. The summed E-state index contributed by atoms with van der Waals surface area (Å²) in [6.07, 6.45) is 0. The maximum Gasteiger partial charge on any atom is 0.309 e. The minimum atomic E-state index is -0.670. The fourth-order valence-electron chi connectivity index (χ4n) is 2.97. The molecule has 2 N–H and O–H groups in total. The van der Waals surface area contributed by atoms with Crippen LogP contribution in [0.15, 0.2) is 48.5 Å². The number of para-hydroxylation sites is 1. The molecule has 2 aromatic rings. The van der Waals surface area contributed by atoms with Gasteiger partial charge in [0.15, 0.2) is 0 Å². The van der Waals surface area contributed by atoms with E-state index in [-0.39, 0.29) is 12.6 Å². The summed E-state index contributed by atoms with van der Waals surface area (Å²) in [6, 6.07) is 15.5. The van der Waals surface area contributed by atoms with Gasteiger partial charge in [0.1, 0.15) is 5.75 Å². The van der Waals surface area contributed by atoms with Crippen LogP contribution in [0.1, 0.15) is 17.2 Å². The number of nitrogens with zero attached hydrogens (tertiary/aromatic N) is 2. The number of benzene rings is 2. The van der Waals surface area contributed by atoms with Crippen LogP contribution in [-0.2, 0) is 16.1 Å². The van der Waals surface area contributed by atoms with E-state index < -0.39 is 11.8 Å². The largest absolute Gasteiger partial charge is 0.496 e. The molecule has 0 aromatic heterocycles. The third-order valence-corrected chi connectivity index (χ3v) is 4.71. The molecule has 0 bridgehead atoms. The predicted molar refractivity (Wildman–Crippen MR) is 115 cm³/mol. The second-order valence-electron chi connectivity index (χ2n) is 7.17. The van der Waals surface area contributed by atoms with Crippen LogP contribution in [0.5, 0.6) is 5.75 Å². The van der Waals surface area contributed by atoms with Gasteiger partial charge in [-0.05, 0) is 37.9 Å². The standard InChI is InChI=1S/C22H30N4O3/c1-25(2)18-12-10-16(11-13-18)19(26(3)4)15-24-22(28)21(27)23-14-17-8-6-7-9-20(17)29-5/h6-13,19H,14-15H2,1-5H3,(H,23,27)(H,24,28). The maximum absolute atomic E-state index is 12.2. The number of amides is 2. The van der Waals surface area contributed by atoms with Crippen molar-refractivity contribution in [3.8, 4) is 5.75 Å². The van der Waals surface area contributed by atoms with Crippen molar-refractivity contribution < 1.29 is 14.3 Å². The lowest BCUT2D eigenvalue weighted by molar-refractivity contribution is -0.139. The van der Waals surface area contributed by atoms with E-state index in [0.717, 1.165) is 16.8 Å². The molecule has 7 nitrogen and oxygen atoms in total. The third-order valence-electron chi connectivity index (χ3n) is 4.71. The van der Waals surface area contributed by atoms with E-state index in [1.165, 1.54) is 0 Å². The smallest absolute Gasteiger partial charge is 0.309 e. The molecule has 0 aliphatic heterocycles. The molecule has 0 spiro atoms. The Balaban J connectivity index is 1.93. The van der Waals surface area contributed by atoms with Gasteiger partial charge in [-0.1, -0.05) is 30.3 Å². The summed E-state index contributed by atoms with van der Waals surface area (Å²) in [5.41, 5.74) is 2.98. The highest BCUT2D eigenvalue weighted by Gasteiger charge is 2.19. The number of carbonyl (C=O) groups is 2. The molecule has 29 heavy (non-hydrogen) atoms. The Morgan fingerprint density at radius 3 is 2.14 bits per heavy atom. The van der Waals surface area contributed by atoms with E-state index in [1.54, 1.807) is 7.11 Å². The number of rotatable bonds is 8. The van der Waals surface area contributed by atoms with Crippen molar-refractivity contribution in [3.63, 3.8) is 0 Å². The average molecular weight is 399 g/mol. The first-order valence-electron chi connectivity index (χ1n) is 9.45. The van der Waals surface area contributed by atoms with Gasteiger partial charge in [0.2, 0.25) is 0 Å². The van der Waals surface area contributed by atoms with Crippen LogP contribution in [-0.4, -0.2) is 58.6 Å². The van der Waals surface area contributed by atoms with Crippen LogP contribution in [0.3, 0.4) is 0 Å². The Hall–Kier alpha value is -3.06. The summed E-state index contributed by atoms with van der Waals surface area (Å²) in [6.45, 7) is 0.550. The number of hydrogen-bond donors (Lipinski definition) is 2.